The van der Waals surface area contributed by atoms with Crippen LogP contribution >= 0.6 is 23.5 Å². The van der Waals surface area contributed by atoms with Crippen LogP contribution in [0.5, 0.6) is 0 Å². The number of rotatable bonds is 6. The van der Waals surface area contributed by atoms with Crippen molar-refractivity contribution in [1.29, 1.82) is 0 Å². The highest BCUT2D eigenvalue weighted by Crippen LogP contribution is 2.34. The van der Waals surface area contributed by atoms with Crippen molar-refractivity contribution in [3.05, 3.63) is 0 Å². The molecule has 0 aliphatic carbocycles. The molecule has 0 bridgehead atoms. The van der Waals surface area contributed by atoms with Crippen molar-refractivity contribution in [2.45, 2.75) is 36.3 Å². The lowest BCUT2D eigenvalue weighted by Crippen LogP contribution is -2.42. The minimum atomic E-state index is 0.646. The van der Waals surface area contributed by atoms with Gasteiger partial charge in [-0.2, -0.15) is 23.5 Å². The molecule has 2 nitrogen and oxygen atoms in total. The fraction of sp³-hybridized carbons (Fsp3) is 1.00. The number of ether oxygens (including phenoxy) is 1. The fourth-order valence-corrected chi connectivity index (χ4v) is 5.05. The van der Waals surface area contributed by atoms with E-state index in [-0.39, 0.29) is 0 Å². The van der Waals surface area contributed by atoms with Crippen molar-refractivity contribution < 1.29 is 4.74 Å². The monoisotopic (exact) mass is 249 g/mol. The van der Waals surface area contributed by atoms with E-state index in [0.717, 1.165) is 23.5 Å². The van der Waals surface area contributed by atoms with Crippen LogP contribution in [0, 0.1) is 0 Å². The molecule has 1 saturated heterocycles. The van der Waals surface area contributed by atoms with Gasteiger partial charge in [-0.15, -0.1) is 0 Å². The van der Waals surface area contributed by atoms with E-state index in [9.17, 15) is 0 Å². The first-order valence-electron chi connectivity index (χ1n) is 5.69. The molecule has 1 N–H and O–H groups in total. The van der Waals surface area contributed by atoms with Gasteiger partial charge >= 0.3 is 0 Å². The number of hydrogen-bond acceptors (Lipinski definition) is 4. The molecule has 1 rings (SSSR count). The molecule has 15 heavy (non-hydrogen) atoms. The van der Waals surface area contributed by atoms with E-state index in [1.165, 1.54) is 17.9 Å². The van der Waals surface area contributed by atoms with Gasteiger partial charge in [0.25, 0.3) is 0 Å². The molecule has 3 atom stereocenters. The third-order valence-corrected chi connectivity index (χ3v) is 6.12. The van der Waals surface area contributed by atoms with E-state index >= 15 is 0 Å². The molecular formula is C11H23NOS2. The van der Waals surface area contributed by atoms with Crippen molar-refractivity contribution >= 4 is 23.5 Å². The molecule has 0 radical (unpaired) electrons. The quantitative estimate of drug-likeness (QED) is 0.729. The lowest BCUT2D eigenvalue weighted by Gasteiger charge is -2.34. The van der Waals surface area contributed by atoms with Gasteiger partial charge < -0.3 is 10.1 Å². The minimum absolute atomic E-state index is 0.646. The summed E-state index contributed by atoms with van der Waals surface area (Å²) in [7, 11) is 3.87. The van der Waals surface area contributed by atoms with Gasteiger partial charge in [0, 0.05) is 41.8 Å². The maximum atomic E-state index is 5.11. The van der Waals surface area contributed by atoms with E-state index in [1.807, 2.05) is 0 Å². The lowest BCUT2D eigenvalue weighted by atomic mass is 10.1. The maximum Gasteiger partial charge on any atom is 0.0462 e. The van der Waals surface area contributed by atoms with Crippen LogP contribution in [0.2, 0.25) is 0 Å². The van der Waals surface area contributed by atoms with Gasteiger partial charge in [-0.25, -0.2) is 0 Å². The third kappa shape index (κ3) is 4.55. The van der Waals surface area contributed by atoms with Crippen molar-refractivity contribution in [2.24, 2.45) is 0 Å². The van der Waals surface area contributed by atoms with Gasteiger partial charge in [-0.05, 0) is 19.9 Å². The molecule has 4 heteroatoms. The predicted octanol–water partition coefficient (Wildman–Crippen LogP) is 2.24. The van der Waals surface area contributed by atoms with E-state index < -0.39 is 0 Å². The van der Waals surface area contributed by atoms with Gasteiger partial charge in [0.2, 0.25) is 0 Å². The van der Waals surface area contributed by atoms with Crippen LogP contribution < -0.4 is 5.32 Å². The number of thioether (sulfide) groups is 2. The molecule has 1 heterocycles. The van der Waals surface area contributed by atoms with Gasteiger partial charge in [0.05, 0.1) is 0 Å². The Bertz CT molecular complexity index is 169. The summed E-state index contributed by atoms with van der Waals surface area (Å²) in [4.78, 5) is 0. The Morgan fingerprint density at radius 1 is 1.40 bits per heavy atom. The highest BCUT2D eigenvalue weighted by atomic mass is 32.2. The Hall–Kier alpha value is 0.620. The molecule has 1 aliphatic heterocycles. The van der Waals surface area contributed by atoms with Crippen LogP contribution in [0.4, 0.5) is 0 Å². The standard InChI is InChI=1S/C11H23NOS2/c1-9-11(15-8-7-14-9)10(12-2)5-4-6-13-3/h9-12H,4-8H2,1-3H3. The molecule has 0 aromatic heterocycles. The first kappa shape index (κ1) is 13.7. The van der Waals surface area contributed by atoms with Crippen LogP contribution in [0.25, 0.3) is 0 Å². The zero-order chi connectivity index (χ0) is 11.1. The zero-order valence-electron chi connectivity index (χ0n) is 9.99. The molecule has 0 amide bonds. The summed E-state index contributed by atoms with van der Waals surface area (Å²) in [5.74, 6) is 2.62. The number of methoxy groups -OCH3 is 1. The molecule has 0 aromatic carbocycles. The Labute approximate surface area is 102 Å². The third-order valence-electron chi connectivity index (χ3n) is 2.87. The summed E-state index contributed by atoms with van der Waals surface area (Å²) >= 11 is 4.25. The maximum absolute atomic E-state index is 5.11. The van der Waals surface area contributed by atoms with E-state index in [1.54, 1.807) is 7.11 Å². The predicted molar refractivity (Wildman–Crippen MR) is 72.1 cm³/mol. The van der Waals surface area contributed by atoms with Gasteiger partial charge in [-0.3, -0.25) is 0 Å². The second kappa shape index (κ2) is 7.82. The van der Waals surface area contributed by atoms with Gasteiger partial charge in [0.1, 0.15) is 0 Å². The highest BCUT2D eigenvalue weighted by molar-refractivity contribution is 8.07. The molecule has 1 aliphatic rings. The van der Waals surface area contributed by atoms with Crippen LogP contribution in [-0.4, -0.2) is 48.8 Å². The topological polar surface area (TPSA) is 21.3 Å². The second-order valence-corrected chi connectivity index (χ2v) is 6.71. The Kier molecular flexibility index (Phi) is 7.14. The molecule has 0 saturated carbocycles. The molecule has 0 aromatic rings. The average Bonchev–Trinajstić information content (AvgIpc) is 2.26. The molecule has 3 unspecified atom stereocenters. The second-order valence-electron chi connectivity index (χ2n) is 3.94. The molecular weight excluding hydrogens is 226 g/mol. The normalized spacial score (nSPS) is 29.0. The number of nitrogens with one attached hydrogen (secondary N) is 1. The molecule has 90 valence electrons. The summed E-state index contributed by atoms with van der Waals surface area (Å²) in [5.41, 5.74) is 0. The SMILES string of the molecule is CNC(CCCOC)C1SCCSC1C. The lowest BCUT2D eigenvalue weighted by molar-refractivity contribution is 0.189. The van der Waals surface area contributed by atoms with Crippen LogP contribution in [0.3, 0.4) is 0 Å². The molecule has 0 spiro atoms. The average molecular weight is 249 g/mol. The fourth-order valence-electron chi connectivity index (χ4n) is 2.01. The minimum Gasteiger partial charge on any atom is -0.385 e. The largest absolute Gasteiger partial charge is 0.385 e. The Balaban J connectivity index is 2.34. The van der Waals surface area contributed by atoms with Crippen LogP contribution in [0.15, 0.2) is 0 Å². The Morgan fingerprint density at radius 3 is 2.73 bits per heavy atom. The van der Waals surface area contributed by atoms with Crippen molar-refractivity contribution in [3.8, 4) is 0 Å². The van der Waals surface area contributed by atoms with E-state index in [0.29, 0.717) is 6.04 Å². The summed E-state index contributed by atoms with van der Waals surface area (Å²) < 4.78 is 5.11. The van der Waals surface area contributed by atoms with Crippen molar-refractivity contribution in [2.75, 3.05) is 32.3 Å². The first-order chi connectivity index (χ1) is 7.29. The van der Waals surface area contributed by atoms with E-state index in [4.69, 9.17) is 4.74 Å². The summed E-state index contributed by atoms with van der Waals surface area (Å²) in [6.07, 6.45) is 2.39. The summed E-state index contributed by atoms with van der Waals surface area (Å²) in [6.45, 7) is 3.25. The smallest absolute Gasteiger partial charge is 0.0462 e. The Morgan fingerprint density at radius 2 is 2.13 bits per heavy atom. The molecule has 1 fully saturated rings. The first-order valence-corrected chi connectivity index (χ1v) is 7.78. The van der Waals surface area contributed by atoms with Crippen LogP contribution in [-0.2, 0) is 4.74 Å². The number of hydrogen-bond donors (Lipinski definition) is 1. The van der Waals surface area contributed by atoms with Crippen molar-refractivity contribution in [3.63, 3.8) is 0 Å². The van der Waals surface area contributed by atoms with Crippen LogP contribution in [0.1, 0.15) is 19.8 Å². The summed E-state index contributed by atoms with van der Waals surface area (Å²) in [6, 6.07) is 0.646. The zero-order valence-corrected chi connectivity index (χ0v) is 11.6. The summed E-state index contributed by atoms with van der Waals surface area (Å²) in [5, 5.41) is 5.02. The van der Waals surface area contributed by atoms with Gasteiger partial charge in [0.15, 0.2) is 0 Å². The van der Waals surface area contributed by atoms with Gasteiger partial charge in [-0.1, -0.05) is 6.92 Å². The van der Waals surface area contributed by atoms with Crippen molar-refractivity contribution in [1.82, 2.24) is 5.32 Å². The highest BCUT2D eigenvalue weighted by Gasteiger charge is 2.28. The van der Waals surface area contributed by atoms with E-state index in [2.05, 4.69) is 42.8 Å².